The Kier molecular flexibility index (Phi) is 4.63. The molecule has 1 N–H and O–H groups in total. The topological polar surface area (TPSA) is 55.8 Å². The second kappa shape index (κ2) is 6.83. The fourth-order valence-electron chi connectivity index (χ4n) is 2.59. The van der Waals surface area contributed by atoms with Gasteiger partial charge in [-0.2, -0.15) is 0 Å². The van der Waals surface area contributed by atoms with Crippen molar-refractivity contribution in [3.8, 4) is 0 Å². The lowest BCUT2D eigenvalue weighted by Crippen LogP contribution is -1.87. The van der Waals surface area contributed by atoms with Crippen LogP contribution in [0.5, 0.6) is 0 Å². The zero-order chi connectivity index (χ0) is 15.4. The number of benzene rings is 2. The molecule has 0 saturated carbocycles. The average Bonchev–Trinajstić information content (AvgIpc) is 3.22. The van der Waals surface area contributed by atoms with Crippen molar-refractivity contribution in [2.45, 2.75) is 33.0 Å². The van der Waals surface area contributed by atoms with E-state index in [0.717, 1.165) is 29.6 Å². The normalized spacial score (nSPS) is 14.8. The molecule has 0 aliphatic carbocycles. The fourth-order valence-corrected chi connectivity index (χ4v) is 2.59. The SMILES string of the molecule is O=Cc1ccc2c(c1)COC2.OCc1ccc2c(c1)COC2. The lowest BCUT2D eigenvalue weighted by atomic mass is 10.1. The highest BCUT2D eigenvalue weighted by atomic mass is 16.5. The van der Waals surface area contributed by atoms with Crippen molar-refractivity contribution in [1.29, 1.82) is 0 Å². The van der Waals surface area contributed by atoms with Crippen molar-refractivity contribution in [2.24, 2.45) is 0 Å². The summed E-state index contributed by atoms with van der Waals surface area (Å²) in [5.41, 5.74) is 6.52. The van der Waals surface area contributed by atoms with E-state index in [9.17, 15) is 4.79 Å². The van der Waals surface area contributed by atoms with Crippen LogP contribution in [0.15, 0.2) is 36.4 Å². The van der Waals surface area contributed by atoms with Crippen molar-refractivity contribution in [2.75, 3.05) is 0 Å². The monoisotopic (exact) mass is 298 g/mol. The van der Waals surface area contributed by atoms with Crippen LogP contribution in [0.3, 0.4) is 0 Å². The van der Waals surface area contributed by atoms with Gasteiger partial charge in [-0.05, 0) is 33.9 Å². The maximum atomic E-state index is 10.4. The molecule has 2 aliphatic rings. The number of ether oxygens (including phenoxy) is 2. The fraction of sp³-hybridized carbons (Fsp3) is 0.278. The van der Waals surface area contributed by atoms with E-state index in [4.69, 9.17) is 14.6 Å². The van der Waals surface area contributed by atoms with Gasteiger partial charge >= 0.3 is 0 Å². The third kappa shape index (κ3) is 3.25. The number of carbonyl (C=O) groups excluding carboxylic acids is 1. The minimum atomic E-state index is 0.118. The van der Waals surface area contributed by atoms with Crippen molar-refractivity contribution in [3.05, 3.63) is 69.8 Å². The standard InChI is InChI=1S/C9H10O2.C9H8O2/c2*10-4-7-1-2-8-5-11-6-9(8)3-7/h1-3,10H,4-6H2;1-4H,5-6H2. The number of fused-ring (bicyclic) bond motifs is 2. The Morgan fingerprint density at radius 3 is 2.09 bits per heavy atom. The number of aliphatic hydroxyl groups is 1. The predicted molar refractivity (Wildman–Crippen MR) is 81.2 cm³/mol. The number of hydrogen-bond donors (Lipinski definition) is 1. The summed E-state index contributed by atoms with van der Waals surface area (Å²) >= 11 is 0. The van der Waals surface area contributed by atoms with Gasteiger partial charge in [0.15, 0.2) is 0 Å². The van der Waals surface area contributed by atoms with Crippen molar-refractivity contribution in [1.82, 2.24) is 0 Å². The molecule has 2 heterocycles. The molecule has 4 rings (SSSR count). The highest BCUT2D eigenvalue weighted by Crippen LogP contribution is 2.21. The summed E-state index contributed by atoms with van der Waals surface area (Å²) in [6.07, 6.45) is 0.860. The summed E-state index contributed by atoms with van der Waals surface area (Å²) < 4.78 is 10.4. The molecule has 4 heteroatoms. The molecule has 0 radical (unpaired) electrons. The Morgan fingerprint density at radius 1 is 0.864 bits per heavy atom. The zero-order valence-corrected chi connectivity index (χ0v) is 12.2. The highest BCUT2D eigenvalue weighted by molar-refractivity contribution is 5.75. The first-order valence-electron chi connectivity index (χ1n) is 7.24. The molecular weight excluding hydrogens is 280 g/mol. The number of carbonyl (C=O) groups is 1. The van der Waals surface area contributed by atoms with E-state index in [1.807, 2.05) is 36.4 Å². The van der Waals surface area contributed by atoms with Crippen LogP contribution in [0.4, 0.5) is 0 Å². The third-order valence-corrected chi connectivity index (χ3v) is 3.85. The van der Waals surface area contributed by atoms with Crippen molar-refractivity contribution in [3.63, 3.8) is 0 Å². The molecule has 4 nitrogen and oxygen atoms in total. The molecule has 0 fully saturated rings. The number of aldehydes is 1. The summed E-state index contributed by atoms with van der Waals surface area (Å²) in [4.78, 5) is 10.4. The first kappa shape index (κ1) is 14.9. The molecule has 0 aromatic heterocycles. The van der Waals surface area contributed by atoms with Crippen LogP contribution in [0.1, 0.15) is 38.2 Å². The maximum Gasteiger partial charge on any atom is 0.150 e. The van der Waals surface area contributed by atoms with E-state index in [-0.39, 0.29) is 6.61 Å². The van der Waals surface area contributed by atoms with Crippen LogP contribution in [-0.4, -0.2) is 11.4 Å². The van der Waals surface area contributed by atoms with Crippen LogP contribution < -0.4 is 0 Å². The van der Waals surface area contributed by atoms with Gasteiger partial charge in [0.25, 0.3) is 0 Å². The number of rotatable bonds is 2. The third-order valence-electron chi connectivity index (χ3n) is 3.85. The molecule has 0 spiro atoms. The molecule has 2 aliphatic heterocycles. The number of hydrogen-bond acceptors (Lipinski definition) is 4. The van der Waals surface area contributed by atoms with Crippen LogP contribution >= 0.6 is 0 Å². The Balaban J connectivity index is 0.000000131. The second-order valence-electron chi connectivity index (χ2n) is 5.39. The molecule has 114 valence electrons. The van der Waals surface area contributed by atoms with Gasteiger partial charge < -0.3 is 14.6 Å². The molecule has 0 bridgehead atoms. The minimum absolute atomic E-state index is 0.118. The Hall–Kier alpha value is -2.01. The van der Waals surface area contributed by atoms with Gasteiger partial charge in [-0.3, -0.25) is 4.79 Å². The second-order valence-corrected chi connectivity index (χ2v) is 5.39. The molecule has 2 aromatic carbocycles. The molecule has 0 saturated heterocycles. The summed E-state index contributed by atoms with van der Waals surface area (Å²) in [7, 11) is 0. The Labute approximate surface area is 129 Å². The molecule has 0 amide bonds. The van der Waals surface area contributed by atoms with Gasteiger partial charge in [-0.25, -0.2) is 0 Å². The van der Waals surface area contributed by atoms with Crippen molar-refractivity contribution < 1.29 is 19.4 Å². The highest BCUT2D eigenvalue weighted by Gasteiger charge is 2.11. The van der Waals surface area contributed by atoms with E-state index in [1.54, 1.807) is 0 Å². The number of aliphatic hydroxyl groups excluding tert-OH is 1. The van der Waals surface area contributed by atoms with Gasteiger partial charge in [0.1, 0.15) is 6.29 Å². The van der Waals surface area contributed by atoms with E-state index in [1.165, 1.54) is 16.7 Å². The maximum absolute atomic E-state index is 10.4. The van der Waals surface area contributed by atoms with E-state index >= 15 is 0 Å². The molecule has 0 unspecified atom stereocenters. The Bertz CT molecular complexity index is 679. The van der Waals surface area contributed by atoms with Gasteiger partial charge in [-0.1, -0.05) is 30.3 Å². The lowest BCUT2D eigenvalue weighted by molar-refractivity contribution is 0.112. The minimum Gasteiger partial charge on any atom is -0.392 e. The van der Waals surface area contributed by atoms with Gasteiger partial charge in [0, 0.05) is 5.56 Å². The van der Waals surface area contributed by atoms with E-state index in [2.05, 4.69) is 0 Å². The van der Waals surface area contributed by atoms with Crippen LogP contribution in [0, 0.1) is 0 Å². The summed E-state index contributed by atoms with van der Waals surface area (Å²) in [5, 5.41) is 8.83. The average molecular weight is 298 g/mol. The summed E-state index contributed by atoms with van der Waals surface area (Å²) in [6.45, 7) is 2.88. The van der Waals surface area contributed by atoms with Gasteiger partial charge in [0.2, 0.25) is 0 Å². The first-order valence-corrected chi connectivity index (χ1v) is 7.24. The molecule has 0 atom stereocenters. The van der Waals surface area contributed by atoms with Crippen LogP contribution in [0.2, 0.25) is 0 Å². The first-order chi connectivity index (χ1) is 10.8. The predicted octanol–water partition coefficient (Wildman–Crippen LogP) is 2.74. The molecule has 2 aromatic rings. The lowest BCUT2D eigenvalue weighted by Gasteiger charge is -1.98. The van der Waals surface area contributed by atoms with E-state index in [0.29, 0.717) is 19.8 Å². The summed E-state index contributed by atoms with van der Waals surface area (Å²) in [5.74, 6) is 0. The largest absolute Gasteiger partial charge is 0.392 e. The smallest absolute Gasteiger partial charge is 0.150 e. The van der Waals surface area contributed by atoms with Gasteiger partial charge in [-0.15, -0.1) is 0 Å². The quantitative estimate of drug-likeness (QED) is 0.866. The zero-order valence-electron chi connectivity index (χ0n) is 12.2. The Morgan fingerprint density at radius 2 is 1.45 bits per heavy atom. The van der Waals surface area contributed by atoms with Crippen LogP contribution in [0.25, 0.3) is 0 Å². The molecule has 22 heavy (non-hydrogen) atoms. The van der Waals surface area contributed by atoms with Crippen molar-refractivity contribution >= 4 is 6.29 Å². The summed E-state index contributed by atoms with van der Waals surface area (Å²) in [6, 6.07) is 11.6. The van der Waals surface area contributed by atoms with Crippen LogP contribution in [-0.2, 0) is 42.5 Å². The van der Waals surface area contributed by atoms with E-state index < -0.39 is 0 Å². The molecular formula is C18H18O4. The van der Waals surface area contributed by atoms with Gasteiger partial charge in [0.05, 0.1) is 33.0 Å².